The average Bonchev–Trinajstić information content (AvgIpc) is 2.69. The minimum atomic E-state index is 0.0201. The molecule has 2 rings (SSSR count). The van der Waals surface area contributed by atoms with E-state index in [-0.39, 0.29) is 12.0 Å². The van der Waals surface area contributed by atoms with Crippen LogP contribution in [0.3, 0.4) is 0 Å². The second-order valence-corrected chi connectivity index (χ2v) is 7.54. The fourth-order valence-corrected chi connectivity index (χ4v) is 3.20. The molecule has 1 atom stereocenters. The van der Waals surface area contributed by atoms with Gasteiger partial charge in [-0.1, -0.05) is 44.2 Å². The Morgan fingerprint density at radius 2 is 2.04 bits per heavy atom. The summed E-state index contributed by atoms with van der Waals surface area (Å²) < 4.78 is 5.85. The van der Waals surface area contributed by atoms with E-state index < -0.39 is 0 Å². The zero-order chi connectivity index (χ0) is 20.2. The van der Waals surface area contributed by atoms with Crippen molar-refractivity contribution >= 4 is 11.9 Å². The van der Waals surface area contributed by atoms with Crippen molar-refractivity contribution in [2.24, 2.45) is 10.9 Å². The first-order chi connectivity index (χ1) is 13.6. The van der Waals surface area contributed by atoms with Crippen molar-refractivity contribution in [3.8, 4) is 0 Å². The zero-order valence-electron chi connectivity index (χ0n) is 17.4. The first-order valence-corrected chi connectivity index (χ1v) is 10.2. The molecule has 7 nitrogen and oxygen atoms in total. The number of nitrogens with one attached hydrogen (secondary N) is 3. The maximum Gasteiger partial charge on any atom is 0.222 e. The van der Waals surface area contributed by atoms with Crippen molar-refractivity contribution in [2.75, 3.05) is 46.4 Å². The number of carbonyl (C=O) groups excluding carboxylic acids is 1. The van der Waals surface area contributed by atoms with E-state index in [4.69, 9.17) is 4.74 Å². The minimum absolute atomic E-state index is 0.0201. The van der Waals surface area contributed by atoms with E-state index in [2.05, 4.69) is 39.7 Å². The van der Waals surface area contributed by atoms with Crippen LogP contribution in [0.4, 0.5) is 0 Å². The molecule has 3 N–H and O–H groups in total. The number of amides is 1. The van der Waals surface area contributed by atoms with Gasteiger partial charge >= 0.3 is 0 Å². The fourth-order valence-electron chi connectivity index (χ4n) is 3.20. The molecule has 156 valence electrons. The summed E-state index contributed by atoms with van der Waals surface area (Å²) >= 11 is 0. The van der Waals surface area contributed by atoms with Gasteiger partial charge in [0.1, 0.15) is 0 Å². The predicted octanol–water partition coefficient (Wildman–Crippen LogP) is 1.21. The molecule has 1 aliphatic heterocycles. The Kier molecular flexibility index (Phi) is 9.79. The van der Waals surface area contributed by atoms with Crippen molar-refractivity contribution in [1.82, 2.24) is 20.9 Å². The highest BCUT2D eigenvalue weighted by Crippen LogP contribution is 2.07. The van der Waals surface area contributed by atoms with E-state index in [9.17, 15) is 4.79 Å². The summed E-state index contributed by atoms with van der Waals surface area (Å²) in [6.45, 7) is 10.1. The van der Waals surface area contributed by atoms with Crippen LogP contribution in [0.5, 0.6) is 0 Å². The fraction of sp³-hybridized carbons (Fsp3) is 0.619. The van der Waals surface area contributed by atoms with E-state index in [0.29, 0.717) is 37.9 Å². The number of ether oxygens (including phenoxy) is 1. The van der Waals surface area contributed by atoms with Gasteiger partial charge < -0.3 is 20.7 Å². The lowest BCUT2D eigenvalue weighted by Crippen LogP contribution is -2.50. The number of benzene rings is 1. The van der Waals surface area contributed by atoms with Crippen molar-refractivity contribution in [3.05, 3.63) is 35.9 Å². The Morgan fingerprint density at radius 3 is 2.75 bits per heavy atom. The van der Waals surface area contributed by atoms with E-state index in [0.717, 1.165) is 31.8 Å². The van der Waals surface area contributed by atoms with Crippen molar-refractivity contribution in [3.63, 3.8) is 0 Å². The van der Waals surface area contributed by atoms with Gasteiger partial charge in [-0.05, 0) is 11.5 Å². The number of aliphatic imine (C=N–C) groups is 1. The molecular formula is C21H35N5O2. The lowest BCUT2D eigenvalue weighted by molar-refractivity contribution is -0.121. The molecule has 28 heavy (non-hydrogen) atoms. The molecule has 1 aliphatic rings. The molecule has 0 saturated carbocycles. The second-order valence-electron chi connectivity index (χ2n) is 7.54. The van der Waals surface area contributed by atoms with Crippen LogP contribution in [0.25, 0.3) is 0 Å². The van der Waals surface area contributed by atoms with Crippen molar-refractivity contribution in [2.45, 2.75) is 32.9 Å². The quantitative estimate of drug-likeness (QED) is 0.437. The van der Waals surface area contributed by atoms with Crippen molar-refractivity contribution in [1.29, 1.82) is 0 Å². The number of guanidine groups is 1. The Bertz CT molecular complexity index is 606. The van der Waals surface area contributed by atoms with E-state index >= 15 is 0 Å². The molecule has 1 aromatic carbocycles. The smallest absolute Gasteiger partial charge is 0.222 e. The molecule has 0 aliphatic carbocycles. The van der Waals surface area contributed by atoms with Gasteiger partial charge in [0.2, 0.25) is 5.91 Å². The highest BCUT2D eigenvalue weighted by atomic mass is 16.5. The summed E-state index contributed by atoms with van der Waals surface area (Å²) in [5, 5.41) is 9.42. The Labute approximate surface area is 168 Å². The van der Waals surface area contributed by atoms with Crippen LogP contribution in [0.2, 0.25) is 0 Å². The second kappa shape index (κ2) is 12.4. The lowest BCUT2D eigenvalue weighted by atomic mass is 10.2. The molecule has 0 aromatic heterocycles. The maximum atomic E-state index is 12.0. The van der Waals surface area contributed by atoms with Gasteiger partial charge in [0.15, 0.2) is 5.96 Å². The molecule has 1 fully saturated rings. The first kappa shape index (κ1) is 22.2. The van der Waals surface area contributed by atoms with Gasteiger partial charge in [0.05, 0.1) is 12.7 Å². The first-order valence-electron chi connectivity index (χ1n) is 10.2. The topological polar surface area (TPSA) is 78.0 Å². The van der Waals surface area contributed by atoms with Crippen LogP contribution in [0, 0.1) is 5.92 Å². The summed E-state index contributed by atoms with van der Waals surface area (Å²) in [5.41, 5.74) is 1.10. The summed E-state index contributed by atoms with van der Waals surface area (Å²) in [4.78, 5) is 18.7. The summed E-state index contributed by atoms with van der Waals surface area (Å²) in [6, 6.07) is 9.90. The monoisotopic (exact) mass is 389 g/mol. The molecule has 0 bridgehead atoms. The number of morpholine rings is 1. The van der Waals surface area contributed by atoms with Gasteiger partial charge in [-0.3, -0.25) is 14.7 Å². The Morgan fingerprint density at radius 1 is 1.25 bits per heavy atom. The average molecular weight is 390 g/mol. The van der Waals surface area contributed by atoms with E-state index in [1.807, 2.05) is 30.3 Å². The van der Waals surface area contributed by atoms with Gasteiger partial charge in [0.25, 0.3) is 0 Å². The number of nitrogens with zero attached hydrogens (tertiary/aromatic N) is 2. The third-order valence-corrected chi connectivity index (χ3v) is 4.54. The molecule has 1 amide bonds. The number of hydrogen-bond acceptors (Lipinski definition) is 4. The van der Waals surface area contributed by atoms with Crippen LogP contribution in [0.1, 0.15) is 25.8 Å². The molecule has 1 aromatic rings. The van der Waals surface area contributed by atoms with Crippen LogP contribution in [0.15, 0.2) is 35.3 Å². The van der Waals surface area contributed by atoms with Gasteiger partial charge in [0, 0.05) is 52.7 Å². The summed E-state index contributed by atoms with van der Waals surface area (Å²) in [6.07, 6.45) is 0.551. The number of hydrogen-bond donors (Lipinski definition) is 3. The molecule has 7 heteroatoms. The molecule has 1 heterocycles. The number of carbonyl (C=O) groups is 1. The lowest BCUT2D eigenvalue weighted by Gasteiger charge is -2.34. The van der Waals surface area contributed by atoms with Gasteiger partial charge in [-0.2, -0.15) is 0 Å². The number of rotatable bonds is 9. The van der Waals surface area contributed by atoms with Crippen LogP contribution in [-0.2, 0) is 16.1 Å². The maximum absolute atomic E-state index is 12.0. The SMILES string of the molecule is CN=C(NCCC(=O)NCc1ccccc1)NCC1CN(CC(C)C)CCO1. The van der Waals surface area contributed by atoms with Crippen LogP contribution in [-0.4, -0.2) is 69.2 Å². The van der Waals surface area contributed by atoms with Crippen molar-refractivity contribution < 1.29 is 9.53 Å². The largest absolute Gasteiger partial charge is 0.374 e. The van der Waals surface area contributed by atoms with Gasteiger partial charge in [-0.25, -0.2) is 0 Å². The van der Waals surface area contributed by atoms with E-state index in [1.54, 1.807) is 7.05 Å². The predicted molar refractivity (Wildman–Crippen MR) is 113 cm³/mol. The highest BCUT2D eigenvalue weighted by molar-refractivity contribution is 5.81. The summed E-state index contributed by atoms with van der Waals surface area (Å²) in [7, 11) is 1.73. The van der Waals surface area contributed by atoms with Crippen LogP contribution >= 0.6 is 0 Å². The molecule has 0 radical (unpaired) electrons. The van der Waals surface area contributed by atoms with Gasteiger partial charge in [-0.15, -0.1) is 0 Å². The van der Waals surface area contributed by atoms with Crippen LogP contribution < -0.4 is 16.0 Å². The zero-order valence-corrected chi connectivity index (χ0v) is 17.4. The standard InChI is InChI=1S/C21H35N5O2/c1-17(2)15-26-11-12-28-19(16-26)14-25-21(22-3)23-10-9-20(27)24-13-18-7-5-4-6-8-18/h4-8,17,19H,9-16H2,1-3H3,(H,24,27)(H2,22,23,25). The summed E-state index contributed by atoms with van der Waals surface area (Å²) in [5.74, 6) is 1.38. The highest BCUT2D eigenvalue weighted by Gasteiger charge is 2.21. The molecule has 1 saturated heterocycles. The molecule has 0 spiro atoms. The minimum Gasteiger partial charge on any atom is -0.374 e. The molecule has 1 unspecified atom stereocenters. The van der Waals surface area contributed by atoms with E-state index in [1.165, 1.54) is 0 Å². The Hall–Kier alpha value is -2.12. The third kappa shape index (κ3) is 8.71. The normalized spacial score (nSPS) is 18.1. The molecular weight excluding hydrogens is 354 g/mol. The Balaban J connectivity index is 1.61. The third-order valence-electron chi connectivity index (χ3n) is 4.54.